The number of aromatic nitrogens is 4. The van der Waals surface area contributed by atoms with Gasteiger partial charge >= 0.3 is 0 Å². The Bertz CT molecular complexity index is 865. The summed E-state index contributed by atoms with van der Waals surface area (Å²) in [5, 5.41) is 1.07. The second-order valence-electron chi connectivity index (χ2n) is 4.35. The summed E-state index contributed by atoms with van der Waals surface area (Å²) in [7, 11) is 0. The highest BCUT2D eigenvalue weighted by molar-refractivity contribution is 6.03. The van der Waals surface area contributed by atoms with Crippen molar-refractivity contribution in [2.75, 3.05) is 0 Å². The number of aromatic amines is 1. The van der Waals surface area contributed by atoms with E-state index in [0.29, 0.717) is 0 Å². The van der Waals surface area contributed by atoms with Crippen molar-refractivity contribution in [1.29, 1.82) is 0 Å². The third-order valence-electron chi connectivity index (χ3n) is 3.19. The van der Waals surface area contributed by atoms with E-state index in [-0.39, 0.29) is 0 Å². The van der Waals surface area contributed by atoms with Crippen LogP contribution in [0.15, 0.2) is 55.0 Å². The van der Waals surface area contributed by atoms with E-state index in [2.05, 4.69) is 19.9 Å². The van der Waals surface area contributed by atoms with Gasteiger partial charge < -0.3 is 4.98 Å². The van der Waals surface area contributed by atoms with E-state index in [1.54, 1.807) is 18.6 Å². The molecule has 0 saturated carbocycles. The van der Waals surface area contributed by atoms with Crippen LogP contribution in [0.3, 0.4) is 0 Å². The predicted octanol–water partition coefficient (Wildman–Crippen LogP) is 3.17. The Morgan fingerprint density at radius 2 is 1.79 bits per heavy atom. The highest BCUT2D eigenvalue weighted by atomic mass is 14.9. The molecule has 0 unspecified atom stereocenters. The van der Waals surface area contributed by atoms with Crippen molar-refractivity contribution in [1.82, 2.24) is 19.9 Å². The van der Waals surface area contributed by atoms with Gasteiger partial charge in [0.25, 0.3) is 0 Å². The molecule has 0 spiro atoms. The maximum atomic E-state index is 4.69. The number of hydrogen-bond acceptors (Lipinski definition) is 3. The maximum Gasteiger partial charge on any atom is 0.138 e. The van der Waals surface area contributed by atoms with E-state index in [0.717, 1.165) is 33.3 Å². The van der Waals surface area contributed by atoms with Crippen molar-refractivity contribution in [3.8, 4) is 11.4 Å². The average Bonchev–Trinajstić information content (AvgIpc) is 2.93. The van der Waals surface area contributed by atoms with Crippen molar-refractivity contribution in [2.24, 2.45) is 0 Å². The first kappa shape index (κ1) is 10.2. The van der Waals surface area contributed by atoms with Crippen LogP contribution in [0.5, 0.6) is 0 Å². The number of benzene rings is 1. The highest BCUT2D eigenvalue weighted by Gasteiger charge is 2.08. The third kappa shape index (κ3) is 1.57. The summed E-state index contributed by atoms with van der Waals surface area (Å²) in [5.41, 5.74) is 3.97. The molecular formula is C15H10N4. The SMILES string of the molecule is c1cnc2ccc3[nH]c(-c4ccncc4)nc3c2c1. The molecule has 0 aliphatic carbocycles. The molecule has 3 aromatic heterocycles. The van der Waals surface area contributed by atoms with Gasteiger partial charge in [-0.15, -0.1) is 0 Å². The summed E-state index contributed by atoms with van der Waals surface area (Å²) in [6, 6.07) is 11.9. The van der Waals surface area contributed by atoms with E-state index in [1.807, 2.05) is 36.4 Å². The summed E-state index contributed by atoms with van der Waals surface area (Å²) >= 11 is 0. The van der Waals surface area contributed by atoms with Crippen molar-refractivity contribution in [3.63, 3.8) is 0 Å². The van der Waals surface area contributed by atoms with Crippen LogP contribution in [0.1, 0.15) is 0 Å². The fraction of sp³-hybridized carbons (Fsp3) is 0. The van der Waals surface area contributed by atoms with E-state index in [1.165, 1.54) is 0 Å². The molecule has 0 aliphatic heterocycles. The molecule has 0 atom stereocenters. The molecule has 4 rings (SSSR count). The third-order valence-corrected chi connectivity index (χ3v) is 3.19. The molecule has 19 heavy (non-hydrogen) atoms. The zero-order chi connectivity index (χ0) is 12.7. The molecule has 0 aliphatic rings. The zero-order valence-electron chi connectivity index (χ0n) is 10.0. The molecule has 0 radical (unpaired) electrons. The van der Waals surface area contributed by atoms with Gasteiger partial charge in [0, 0.05) is 29.5 Å². The van der Waals surface area contributed by atoms with E-state index in [4.69, 9.17) is 0 Å². The molecule has 0 bridgehead atoms. The molecule has 4 nitrogen and oxygen atoms in total. The fourth-order valence-electron chi connectivity index (χ4n) is 2.27. The lowest BCUT2D eigenvalue weighted by Gasteiger charge is -1.95. The molecule has 4 aromatic rings. The van der Waals surface area contributed by atoms with Crippen LogP contribution >= 0.6 is 0 Å². The lowest BCUT2D eigenvalue weighted by Crippen LogP contribution is -1.80. The minimum atomic E-state index is 0.855. The van der Waals surface area contributed by atoms with Crippen LogP contribution in [0, 0.1) is 0 Å². The Morgan fingerprint density at radius 1 is 0.895 bits per heavy atom. The largest absolute Gasteiger partial charge is 0.338 e. The van der Waals surface area contributed by atoms with E-state index < -0.39 is 0 Å². The fourth-order valence-corrected chi connectivity index (χ4v) is 2.27. The number of nitrogens with one attached hydrogen (secondary N) is 1. The molecule has 0 fully saturated rings. The second kappa shape index (κ2) is 3.88. The Labute approximate surface area is 109 Å². The Balaban J connectivity index is 2.04. The number of pyridine rings is 2. The van der Waals surface area contributed by atoms with Crippen LogP contribution in [0.2, 0.25) is 0 Å². The molecule has 90 valence electrons. The summed E-state index contributed by atoms with van der Waals surface area (Å²) < 4.78 is 0. The minimum absolute atomic E-state index is 0.855. The minimum Gasteiger partial charge on any atom is -0.338 e. The number of H-pyrrole nitrogens is 1. The summed E-state index contributed by atoms with van der Waals surface area (Å²) in [4.78, 5) is 16.4. The lowest BCUT2D eigenvalue weighted by molar-refractivity contribution is 1.28. The molecule has 4 heteroatoms. The van der Waals surface area contributed by atoms with Gasteiger partial charge in [-0.05, 0) is 36.4 Å². The number of rotatable bonds is 1. The van der Waals surface area contributed by atoms with Crippen molar-refractivity contribution in [3.05, 3.63) is 55.0 Å². The van der Waals surface area contributed by atoms with Crippen LogP contribution in [0.4, 0.5) is 0 Å². The Hall–Kier alpha value is -2.75. The van der Waals surface area contributed by atoms with Crippen LogP contribution in [-0.2, 0) is 0 Å². The standard InChI is InChI=1S/C15H10N4/c1-2-11-12(17-7-1)3-4-13-14(11)19-15(18-13)10-5-8-16-9-6-10/h1-9H,(H,18,19). The van der Waals surface area contributed by atoms with Gasteiger partial charge in [0.05, 0.1) is 16.6 Å². The topological polar surface area (TPSA) is 54.5 Å². The summed E-state index contributed by atoms with van der Waals surface area (Å²) in [6.45, 7) is 0. The van der Waals surface area contributed by atoms with Gasteiger partial charge in [-0.25, -0.2) is 4.98 Å². The second-order valence-corrected chi connectivity index (χ2v) is 4.35. The van der Waals surface area contributed by atoms with Gasteiger partial charge in [0.2, 0.25) is 0 Å². The normalized spacial score (nSPS) is 11.2. The molecule has 0 saturated heterocycles. The number of hydrogen-bond donors (Lipinski definition) is 1. The smallest absolute Gasteiger partial charge is 0.138 e. The quantitative estimate of drug-likeness (QED) is 0.561. The molecule has 1 aromatic carbocycles. The Kier molecular flexibility index (Phi) is 2.08. The first-order valence-electron chi connectivity index (χ1n) is 6.06. The number of fused-ring (bicyclic) bond motifs is 3. The first-order valence-corrected chi connectivity index (χ1v) is 6.06. The van der Waals surface area contributed by atoms with Gasteiger partial charge in [0.1, 0.15) is 5.82 Å². The zero-order valence-corrected chi connectivity index (χ0v) is 10.0. The summed E-state index contributed by atoms with van der Waals surface area (Å²) in [6.07, 6.45) is 5.33. The molecule has 0 amide bonds. The van der Waals surface area contributed by atoms with Gasteiger partial charge in [-0.1, -0.05) is 0 Å². The molecule has 3 heterocycles. The predicted molar refractivity (Wildman–Crippen MR) is 74.6 cm³/mol. The van der Waals surface area contributed by atoms with Gasteiger partial charge in [0.15, 0.2) is 0 Å². The lowest BCUT2D eigenvalue weighted by atomic mass is 10.2. The van der Waals surface area contributed by atoms with Crippen molar-refractivity contribution < 1.29 is 0 Å². The van der Waals surface area contributed by atoms with Crippen LogP contribution in [-0.4, -0.2) is 19.9 Å². The van der Waals surface area contributed by atoms with Crippen LogP contribution < -0.4 is 0 Å². The number of nitrogens with zero attached hydrogens (tertiary/aromatic N) is 3. The Morgan fingerprint density at radius 3 is 2.68 bits per heavy atom. The first-order chi connectivity index (χ1) is 9.42. The monoisotopic (exact) mass is 246 g/mol. The van der Waals surface area contributed by atoms with E-state index >= 15 is 0 Å². The van der Waals surface area contributed by atoms with Crippen LogP contribution in [0.25, 0.3) is 33.3 Å². The maximum absolute atomic E-state index is 4.69. The molecule has 1 N–H and O–H groups in total. The molecular weight excluding hydrogens is 236 g/mol. The number of imidazole rings is 1. The average molecular weight is 246 g/mol. The van der Waals surface area contributed by atoms with Crippen molar-refractivity contribution >= 4 is 21.9 Å². The summed E-state index contributed by atoms with van der Waals surface area (Å²) in [5.74, 6) is 0.855. The van der Waals surface area contributed by atoms with Gasteiger partial charge in [-0.2, -0.15) is 0 Å². The van der Waals surface area contributed by atoms with Crippen molar-refractivity contribution in [2.45, 2.75) is 0 Å². The van der Waals surface area contributed by atoms with E-state index in [9.17, 15) is 0 Å². The highest BCUT2D eigenvalue weighted by Crippen LogP contribution is 2.25. The van der Waals surface area contributed by atoms with Gasteiger partial charge in [-0.3, -0.25) is 9.97 Å².